The second kappa shape index (κ2) is 6.53. The highest BCUT2D eigenvalue weighted by atomic mass is 19.4. The summed E-state index contributed by atoms with van der Waals surface area (Å²) in [6.45, 7) is 1.28. The number of nitrogens with zero attached hydrogens (tertiary/aromatic N) is 2. The average molecular weight is 296 g/mol. The van der Waals surface area contributed by atoms with Gasteiger partial charge in [-0.3, -0.25) is 0 Å². The molecule has 0 bridgehead atoms. The fourth-order valence-corrected chi connectivity index (χ4v) is 1.74. The minimum Gasteiger partial charge on any atom is -0.383 e. The van der Waals surface area contributed by atoms with E-state index in [4.69, 9.17) is 5.73 Å². The molecular formula is C14H15F3N4. The van der Waals surface area contributed by atoms with E-state index in [9.17, 15) is 13.2 Å². The van der Waals surface area contributed by atoms with Gasteiger partial charge in [-0.2, -0.15) is 13.2 Å². The molecule has 0 fully saturated rings. The average Bonchev–Trinajstić information content (AvgIpc) is 2.47. The number of rotatable bonds is 5. The van der Waals surface area contributed by atoms with Crippen LogP contribution >= 0.6 is 0 Å². The molecule has 0 unspecified atom stereocenters. The van der Waals surface area contributed by atoms with E-state index >= 15 is 0 Å². The number of halogens is 3. The van der Waals surface area contributed by atoms with Gasteiger partial charge in [0.2, 0.25) is 0 Å². The van der Waals surface area contributed by atoms with Crippen molar-refractivity contribution < 1.29 is 13.2 Å². The summed E-state index contributed by atoms with van der Waals surface area (Å²) in [7, 11) is 0. The summed E-state index contributed by atoms with van der Waals surface area (Å²) in [5, 5.41) is 3.07. The monoisotopic (exact) mass is 296 g/mol. The van der Waals surface area contributed by atoms with Gasteiger partial charge < -0.3 is 11.1 Å². The first-order chi connectivity index (χ1) is 10.0. The quantitative estimate of drug-likeness (QED) is 0.833. The van der Waals surface area contributed by atoms with Crippen LogP contribution in [0.1, 0.15) is 12.0 Å². The third kappa shape index (κ3) is 4.16. The van der Waals surface area contributed by atoms with E-state index in [-0.39, 0.29) is 5.82 Å². The lowest BCUT2D eigenvalue weighted by Crippen LogP contribution is -2.09. The van der Waals surface area contributed by atoms with Gasteiger partial charge in [-0.25, -0.2) is 9.97 Å². The molecule has 0 radical (unpaired) electrons. The van der Waals surface area contributed by atoms with E-state index in [0.29, 0.717) is 24.3 Å². The Kier molecular flexibility index (Phi) is 4.74. The Morgan fingerprint density at radius 2 is 1.86 bits per heavy atom. The third-order valence-corrected chi connectivity index (χ3v) is 2.81. The highest BCUT2D eigenvalue weighted by molar-refractivity contribution is 5.57. The molecule has 1 heterocycles. The van der Waals surface area contributed by atoms with Gasteiger partial charge in [-0.05, 0) is 25.1 Å². The molecule has 3 N–H and O–H groups in total. The van der Waals surface area contributed by atoms with Crippen LogP contribution in [0.2, 0.25) is 0 Å². The van der Waals surface area contributed by atoms with E-state index in [0.717, 1.165) is 18.6 Å². The molecule has 2 aromatic rings. The lowest BCUT2D eigenvalue weighted by Gasteiger charge is -2.09. The number of aromatic nitrogens is 2. The van der Waals surface area contributed by atoms with E-state index in [2.05, 4.69) is 15.3 Å². The molecular weight excluding hydrogens is 281 g/mol. The smallest absolute Gasteiger partial charge is 0.383 e. The Morgan fingerprint density at radius 3 is 2.48 bits per heavy atom. The van der Waals surface area contributed by atoms with Crippen LogP contribution in [0.25, 0.3) is 11.4 Å². The lowest BCUT2D eigenvalue weighted by atomic mass is 10.1. The first-order valence-electron chi connectivity index (χ1n) is 6.44. The largest absolute Gasteiger partial charge is 0.416 e. The third-order valence-electron chi connectivity index (χ3n) is 2.81. The Bertz CT molecular complexity index is 582. The predicted molar refractivity (Wildman–Crippen MR) is 74.6 cm³/mol. The summed E-state index contributed by atoms with van der Waals surface area (Å²) < 4.78 is 38.0. The summed E-state index contributed by atoms with van der Waals surface area (Å²) in [5.41, 5.74) is 5.70. The summed E-state index contributed by atoms with van der Waals surface area (Å²) >= 11 is 0. The van der Waals surface area contributed by atoms with Crippen LogP contribution in [-0.4, -0.2) is 23.1 Å². The summed E-state index contributed by atoms with van der Waals surface area (Å²) in [6, 6.07) is 4.95. The van der Waals surface area contributed by atoms with Crippen LogP contribution in [0.4, 0.5) is 18.9 Å². The maximum atomic E-state index is 12.7. The molecule has 0 aliphatic rings. The number of anilines is 1. The molecule has 112 valence electrons. The van der Waals surface area contributed by atoms with Crippen molar-refractivity contribution in [3.8, 4) is 11.4 Å². The fraction of sp³-hybridized carbons (Fsp3) is 0.286. The number of nitrogens with one attached hydrogen (secondary N) is 1. The lowest BCUT2D eigenvalue weighted by molar-refractivity contribution is -0.137. The molecule has 0 saturated carbocycles. The van der Waals surface area contributed by atoms with Crippen molar-refractivity contribution in [2.45, 2.75) is 12.6 Å². The molecule has 1 aromatic carbocycles. The molecule has 4 nitrogen and oxygen atoms in total. The van der Waals surface area contributed by atoms with Crippen LogP contribution in [0.5, 0.6) is 0 Å². The van der Waals surface area contributed by atoms with Gasteiger partial charge in [0.25, 0.3) is 0 Å². The Morgan fingerprint density at radius 1 is 1.14 bits per heavy atom. The van der Waals surface area contributed by atoms with Gasteiger partial charge >= 0.3 is 6.18 Å². The van der Waals surface area contributed by atoms with Crippen LogP contribution in [-0.2, 0) is 6.18 Å². The zero-order chi connectivity index (χ0) is 15.3. The fourth-order valence-electron chi connectivity index (χ4n) is 1.74. The van der Waals surface area contributed by atoms with Crippen LogP contribution < -0.4 is 11.1 Å². The molecule has 1 aromatic heterocycles. The maximum absolute atomic E-state index is 12.7. The van der Waals surface area contributed by atoms with Gasteiger partial charge in [-0.1, -0.05) is 12.1 Å². The van der Waals surface area contributed by atoms with Crippen LogP contribution in [0.3, 0.4) is 0 Å². The topological polar surface area (TPSA) is 63.8 Å². The van der Waals surface area contributed by atoms with Gasteiger partial charge in [0.1, 0.15) is 0 Å². The van der Waals surface area contributed by atoms with Crippen molar-refractivity contribution in [1.82, 2.24) is 9.97 Å². The SMILES string of the molecule is NCCCNc1cnc(-c2cccc(C(F)(F)F)c2)nc1. The summed E-state index contributed by atoms with van der Waals surface area (Å²) in [6.07, 6.45) is -0.479. The van der Waals surface area contributed by atoms with Crippen molar-refractivity contribution in [2.24, 2.45) is 5.73 Å². The second-order valence-electron chi connectivity index (χ2n) is 4.44. The van der Waals surface area contributed by atoms with Crippen LogP contribution in [0.15, 0.2) is 36.7 Å². The van der Waals surface area contributed by atoms with Gasteiger partial charge in [-0.15, -0.1) is 0 Å². The van der Waals surface area contributed by atoms with Crippen molar-refractivity contribution in [2.75, 3.05) is 18.4 Å². The maximum Gasteiger partial charge on any atom is 0.416 e. The highest BCUT2D eigenvalue weighted by Crippen LogP contribution is 2.31. The zero-order valence-electron chi connectivity index (χ0n) is 11.2. The van der Waals surface area contributed by atoms with Gasteiger partial charge in [0, 0.05) is 12.1 Å². The van der Waals surface area contributed by atoms with E-state index in [1.807, 2.05) is 0 Å². The predicted octanol–water partition coefficient (Wildman–Crippen LogP) is 2.92. The Labute approximate surface area is 120 Å². The zero-order valence-corrected chi connectivity index (χ0v) is 11.2. The number of alkyl halides is 3. The highest BCUT2D eigenvalue weighted by Gasteiger charge is 2.30. The van der Waals surface area contributed by atoms with Gasteiger partial charge in [0.15, 0.2) is 5.82 Å². The minimum atomic E-state index is -4.38. The number of hydrogen-bond donors (Lipinski definition) is 2. The molecule has 0 amide bonds. The number of hydrogen-bond acceptors (Lipinski definition) is 4. The molecule has 0 aliphatic carbocycles. The number of nitrogens with two attached hydrogens (primary N) is 1. The first-order valence-corrected chi connectivity index (χ1v) is 6.44. The Hall–Kier alpha value is -2.15. The number of benzene rings is 1. The molecule has 0 atom stereocenters. The molecule has 0 saturated heterocycles. The minimum absolute atomic E-state index is 0.255. The van der Waals surface area contributed by atoms with E-state index in [1.165, 1.54) is 6.07 Å². The molecule has 0 aliphatic heterocycles. The standard InChI is InChI=1S/C14H15F3N4/c15-14(16,17)11-4-1-3-10(7-11)13-20-8-12(9-21-13)19-6-2-5-18/h1,3-4,7-9,19H,2,5-6,18H2. The van der Waals surface area contributed by atoms with Crippen molar-refractivity contribution in [3.63, 3.8) is 0 Å². The normalized spacial score (nSPS) is 11.4. The van der Waals surface area contributed by atoms with Crippen molar-refractivity contribution >= 4 is 5.69 Å². The van der Waals surface area contributed by atoms with Crippen LogP contribution in [0, 0.1) is 0 Å². The molecule has 7 heteroatoms. The first kappa shape index (κ1) is 15.2. The summed E-state index contributed by atoms with van der Waals surface area (Å²) in [4.78, 5) is 8.16. The van der Waals surface area contributed by atoms with E-state index in [1.54, 1.807) is 18.5 Å². The Balaban J connectivity index is 2.15. The van der Waals surface area contributed by atoms with Gasteiger partial charge in [0.05, 0.1) is 23.6 Å². The molecule has 21 heavy (non-hydrogen) atoms. The van der Waals surface area contributed by atoms with E-state index < -0.39 is 11.7 Å². The van der Waals surface area contributed by atoms with Crippen molar-refractivity contribution in [3.05, 3.63) is 42.2 Å². The van der Waals surface area contributed by atoms with Crippen molar-refractivity contribution in [1.29, 1.82) is 0 Å². The molecule has 2 rings (SSSR count). The summed E-state index contributed by atoms with van der Waals surface area (Å²) in [5.74, 6) is 0.255. The molecule has 0 spiro atoms. The second-order valence-corrected chi connectivity index (χ2v) is 4.44.